The summed E-state index contributed by atoms with van der Waals surface area (Å²) in [4.78, 5) is 39.3. The molecule has 1 aromatic carbocycles. The standard InChI is InChI=1S/C23H29N3O6S/c1-3-5-6-7-8-9-17-14-20(23(29)30)25-15-19(17)22(28)26-33(31,32)18-12-10-16(11-13-18)21(27)24-4-2/h10-15H,3-9H2,1-2H3,(H,24,27)(H,26,28)(H,29,30)/p-1. The first-order valence-electron chi connectivity index (χ1n) is 10.8. The van der Waals surface area contributed by atoms with Gasteiger partial charge in [0.05, 0.1) is 22.1 Å². The molecule has 0 aliphatic carbocycles. The number of carboxylic acid groups (broad SMARTS) is 1. The van der Waals surface area contributed by atoms with Crippen LogP contribution in [0.3, 0.4) is 0 Å². The molecule has 33 heavy (non-hydrogen) atoms. The summed E-state index contributed by atoms with van der Waals surface area (Å²) in [5.41, 5.74) is 0.339. The number of aromatic nitrogens is 1. The summed E-state index contributed by atoms with van der Waals surface area (Å²) < 4.78 is 27.4. The molecule has 1 aromatic heterocycles. The van der Waals surface area contributed by atoms with Gasteiger partial charge in [-0.3, -0.25) is 14.6 Å². The van der Waals surface area contributed by atoms with Gasteiger partial charge in [0.15, 0.2) is 0 Å². The van der Waals surface area contributed by atoms with Gasteiger partial charge in [0.1, 0.15) is 0 Å². The van der Waals surface area contributed by atoms with Gasteiger partial charge in [-0.1, -0.05) is 32.6 Å². The van der Waals surface area contributed by atoms with Crippen molar-refractivity contribution in [1.82, 2.24) is 15.0 Å². The van der Waals surface area contributed by atoms with Crippen LogP contribution in [0.25, 0.3) is 0 Å². The van der Waals surface area contributed by atoms with Crippen molar-refractivity contribution < 1.29 is 27.9 Å². The lowest BCUT2D eigenvalue weighted by Crippen LogP contribution is -2.32. The number of amides is 2. The lowest BCUT2D eigenvalue weighted by molar-refractivity contribution is -0.255. The number of carbonyl (C=O) groups excluding carboxylic acids is 3. The second-order valence-corrected chi connectivity index (χ2v) is 9.18. The summed E-state index contributed by atoms with van der Waals surface area (Å²) in [5, 5.41) is 13.8. The van der Waals surface area contributed by atoms with Gasteiger partial charge >= 0.3 is 0 Å². The van der Waals surface area contributed by atoms with Crippen LogP contribution in [0.5, 0.6) is 0 Å². The van der Waals surface area contributed by atoms with Crippen molar-refractivity contribution in [3.05, 3.63) is 58.9 Å². The van der Waals surface area contributed by atoms with Crippen LogP contribution >= 0.6 is 0 Å². The molecule has 0 unspecified atom stereocenters. The van der Waals surface area contributed by atoms with Gasteiger partial charge < -0.3 is 15.2 Å². The molecule has 0 fully saturated rings. The van der Waals surface area contributed by atoms with Crippen molar-refractivity contribution in [2.24, 2.45) is 0 Å². The number of sulfonamides is 1. The molecule has 0 aliphatic heterocycles. The molecule has 2 N–H and O–H groups in total. The number of benzene rings is 1. The van der Waals surface area contributed by atoms with Gasteiger partial charge in [-0.25, -0.2) is 13.1 Å². The molecule has 0 bridgehead atoms. The fraction of sp³-hybridized carbons (Fsp3) is 0.391. The van der Waals surface area contributed by atoms with E-state index in [2.05, 4.69) is 17.2 Å². The Morgan fingerprint density at radius 1 is 0.970 bits per heavy atom. The average Bonchev–Trinajstić information content (AvgIpc) is 2.78. The number of aromatic carboxylic acids is 1. The molecule has 10 heteroatoms. The van der Waals surface area contributed by atoms with Crippen LogP contribution in [0, 0.1) is 0 Å². The highest BCUT2D eigenvalue weighted by Gasteiger charge is 2.22. The fourth-order valence-corrected chi connectivity index (χ4v) is 4.19. The number of nitrogens with zero attached hydrogens (tertiary/aromatic N) is 1. The second kappa shape index (κ2) is 12.1. The van der Waals surface area contributed by atoms with Crippen LogP contribution in [0.1, 0.15) is 82.7 Å². The fourth-order valence-electron chi connectivity index (χ4n) is 3.22. The van der Waals surface area contributed by atoms with E-state index in [-0.39, 0.29) is 27.6 Å². The van der Waals surface area contributed by atoms with Crippen LogP contribution in [0.2, 0.25) is 0 Å². The quantitative estimate of drug-likeness (QED) is 0.446. The van der Waals surface area contributed by atoms with Crippen molar-refractivity contribution in [3.63, 3.8) is 0 Å². The van der Waals surface area contributed by atoms with Gasteiger partial charge in [-0.15, -0.1) is 0 Å². The number of nitrogens with one attached hydrogen (secondary N) is 2. The summed E-state index contributed by atoms with van der Waals surface area (Å²) in [6.07, 6.45) is 6.22. The number of hydrogen-bond acceptors (Lipinski definition) is 7. The van der Waals surface area contributed by atoms with Gasteiger partial charge in [-0.2, -0.15) is 0 Å². The minimum absolute atomic E-state index is 0.0157. The molecular formula is C23H28N3O6S-. The third kappa shape index (κ3) is 7.38. The monoisotopic (exact) mass is 474 g/mol. The third-order valence-electron chi connectivity index (χ3n) is 4.98. The van der Waals surface area contributed by atoms with Crippen LogP contribution in [-0.2, 0) is 16.4 Å². The Balaban J connectivity index is 2.21. The summed E-state index contributed by atoms with van der Waals surface area (Å²) in [7, 11) is -4.23. The van der Waals surface area contributed by atoms with E-state index in [1.807, 2.05) is 4.72 Å². The number of unbranched alkanes of at least 4 members (excludes halogenated alkanes) is 4. The van der Waals surface area contributed by atoms with E-state index >= 15 is 0 Å². The Labute approximate surface area is 193 Å². The molecular weight excluding hydrogens is 446 g/mol. The highest BCUT2D eigenvalue weighted by molar-refractivity contribution is 7.90. The van der Waals surface area contributed by atoms with Crippen molar-refractivity contribution in [2.75, 3.05) is 6.54 Å². The minimum atomic E-state index is -4.23. The maximum atomic E-state index is 12.8. The van der Waals surface area contributed by atoms with E-state index in [1.165, 1.54) is 30.3 Å². The lowest BCUT2D eigenvalue weighted by Gasteiger charge is -2.13. The molecule has 2 rings (SSSR count). The summed E-state index contributed by atoms with van der Waals surface area (Å²) >= 11 is 0. The Kier molecular flexibility index (Phi) is 9.53. The molecule has 0 saturated carbocycles. The summed E-state index contributed by atoms with van der Waals surface area (Å²) in [6.45, 7) is 4.28. The number of hydrogen-bond donors (Lipinski definition) is 2. The number of aryl methyl sites for hydroxylation is 1. The molecule has 1 heterocycles. The smallest absolute Gasteiger partial charge is 0.266 e. The zero-order chi connectivity index (χ0) is 24.4. The SMILES string of the molecule is CCCCCCCc1cc(C(=O)[O-])ncc1C(=O)NS(=O)(=O)c1ccc(C(=O)NCC)cc1. The number of pyridine rings is 1. The molecule has 0 aliphatic rings. The van der Waals surface area contributed by atoms with Crippen molar-refractivity contribution in [1.29, 1.82) is 0 Å². The molecule has 0 radical (unpaired) electrons. The maximum Gasteiger partial charge on any atom is 0.266 e. The average molecular weight is 475 g/mol. The van der Waals surface area contributed by atoms with E-state index in [0.29, 0.717) is 24.9 Å². The van der Waals surface area contributed by atoms with Gasteiger partial charge in [0, 0.05) is 18.3 Å². The molecule has 0 spiro atoms. The molecule has 178 valence electrons. The zero-order valence-corrected chi connectivity index (χ0v) is 19.5. The normalized spacial score (nSPS) is 11.1. The first kappa shape index (κ1) is 26.0. The van der Waals surface area contributed by atoms with E-state index in [4.69, 9.17) is 0 Å². The van der Waals surface area contributed by atoms with Gasteiger partial charge in [-0.05, 0) is 55.7 Å². The van der Waals surface area contributed by atoms with Crippen LogP contribution < -0.4 is 15.1 Å². The van der Waals surface area contributed by atoms with Crippen LogP contribution in [0.4, 0.5) is 0 Å². The van der Waals surface area contributed by atoms with E-state index < -0.39 is 21.9 Å². The highest BCUT2D eigenvalue weighted by Crippen LogP contribution is 2.17. The largest absolute Gasteiger partial charge is 0.543 e. The number of rotatable bonds is 12. The predicted octanol–water partition coefficient (Wildman–Crippen LogP) is 1.83. The lowest BCUT2D eigenvalue weighted by atomic mass is 10.0. The van der Waals surface area contributed by atoms with Crippen LogP contribution in [0.15, 0.2) is 41.4 Å². The Morgan fingerprint density at radius 2 is 1.64 bits per heavy atom. The molecule has 9 nitrogen and oxygen atoms in total. The highest BCUT2D eigenvalue weighted by atomic mass is 32.2. The number of carbonyl (C=O) groups is 3. The third-order valence-corrected chi connectivity index (χ3v) is 6.33. The van der Waals surface area contributed by atoms with Crippen molar-refractivity contribution in [2.45, 2.75) is 57.3 Å². The molecule has 0 atom stereocenters. The van der Waals surface area contributed by atoms with Gasteiger partial charge in [0.2, 0.25) is 0 Å². The molecule has 2 aromatic rings. The maximum absolute atomic E-state index is 12.8. The van der Waals surface area contributed by atoms with Crippen molar-refractivity contribution in [3.8, 4) is 0 Å². The minimum Gasteiger partial charge on any atom is -0.543 e. The first-order chi connectivity index (χ1) is 15.7. The molecule has 2 amide bonds. The van der Waals surface area contributed by atoms with Crippen LogP contribution in [-0.4, -0.2) is 37.7 Å². The zero-order valence-electron chi connectivity index (χ0n) is 18.7. The predicted molar refractivity (Wildman–Crippen MR) is 120 cm³/mol. The summed E-state index contributed by atoms with van der Waals surface area (Å²) in [5.74, 6) is -2.73. The Morgan fingerprint density at radius 3 is 2.24 bits per heavy atom. The topological polar surface area (TPSA) is 145 Å². The van der Waals surface area contributed by atoms with E-state index in [9.17, 15) is 27.9 Å². The Bertz CT molecular complexity index is 1100. The van der Waals surface area contributed by atoms with E-state index in [1.54, 1.807) is 6.92 Å². The summed E-state index contributed by atoms with van der Waals surface area (Å²) in [6, 6.07) is 6.40. The molecule has 0 saturated heterocycles. The van der Waals surface area contributed by atoms with E-state index in [0.717, 1.165) is 31.9 Å². The number of carboxylic acids is 1. The Hall–Kier alpha value is -3.27. The van der Waals surface area contributed by atoms with Crippen molar-refractivity contribution >= 4 is 27.8 Å². The second-order valence-electron chi connectivity index (χ2n) is 7.50. The van der Waals surface area contributed by atoms with Gasteiger partial charge in [0.25, 0.3) is 21.8 Å². The first-order valence-corrected chi connectivity index (χ1v) is 12.3.